The third-order valence-electron chi connectivity index (χ3n) is 4.90. The van der Waals surface area contributed by atoms with E-state index in [1.807, 2.05) is 0 Å². The molecule has 0 aromatic heterocycles. The molecule has 3 aliphatic rings. The first-order valence-corrected chi connectivity index (χ1v) is 6.71. The van der Waals surface area contributed by atoms with E-state index in [-0.39, 0.29) is 6.10 Å². The van der Waals surface area contributed by atoms with Gasteiger partial charge in [0.15, 0.2) is 0 Å². The lowest BCUT2D eigenvalue weighted by Crippen LogP contribution is -2.64. The molecule has 1 N–H and O–H groups in total. The second-order valence-corrected chi connectivity index (χ2v) is 6.03. The van der Waals surface area contributed by atoms with Gasteiger partial charge in [-0.2, -0.15) is 0 Å². The van der Waals surface area contributed by atoms with Crippen molar-refractivity contribution in [3.05, 3.63) is 0 Å². The quantitative estimate of drug-likeness (QED) is 0.669. The zero-order valence-corrected chi connectivity index (χ0v) is 9.62. The van der Waals surface area contributed by atoms with E-state index >= 15 is 0 Å². The van der Waals surface area contributed by atoms with E-state index in [0.717, 1.165) is 6.42 Å². The van der Waals surface area contributed by atoms with Crippen molar-refractivity contribution in [2.75, 3.05) is 13.1 Å². The summed E-state index contributed by atoms with van der Waals surface area (Å²) in [6.45, 7) is 2.57. The average molecular weight is 209 g/mol. The number of aliphatic hydroxyl groups excluding tert-OH is 1. The van der Waals surface area contributed by atoms with Crippen LogP contribution in [-0.2, 0) is 0 Å². The van der Waals surface area contributed by atoms with Crippen molar-refractivity contribution in [2.24, 2.45) is 5.41 Å². The summed E-state index contributed by atoms with van der Waals surface area (Å²) in [6.07, 6.45) is 10.5. The molecule has 2 heteroatoms. The number of hydrogen-bond donors (Lipinski definition) is 1. The molecule has 0 amide bonds. The molecule has 0 bridgehead atoms. The van der Waals surface area contributed by atoms with Crippen LogP contribution < -0.4 is 0 Å². The van der Waals surface area contributed by atoms with Crippen LogP contribution in [0.1, 0.15) is 51.4 Å². The molecule has 2 saturated carbocycles. The highest BCUT2D eigenvalue weighted by Gasteiger charge is 2.49. The highest BCUT2D eigenvalue weighted by atomic mass is 16.3. The molecule has 86 valence electrons. The second-order valence-electron chi connectivity index (χ2n) is 6.03. The molecular weight excluding hydrogens is 186 g/mol. The third kappa shape index (κ3) is 1.72. The van der Waals surface area contributed by atoms with Gasteiger partial charge in [-0.15, -0.1) is 0 Å². The molecule has 1 aliphatic heterocycles. The largest absolute Gasteiger partial charge is 0.391 e. The molecule has 0 aromatic carbocycles. The zero-order chi connectivity index (χ0) is 10.3. The van der Waals surface area contributed by atoms with Gasteiger partial charge >= 0.3 is 0 Å². The third-order valence-corrected chi connectivity index (χ3v) is 4.90. The minimum atomic E-state index is -0.0371. The maximum Gasteiger partial charge on any atom is 0.0695 e. The minimum absolute atomic E-state index is 0.0371. The molecule has 3 rings (SSSR count). The highest BCUT2D eigenvalue weighted by Crippen LogP contribution is 2.49. The summed E-state index contributed by atoms with van der Waals surface area (Å²) >= 11 is 0. The summed E-state index contributed by atoms with van der Waals surface area (Å²) in [5.41, 5.74) is 0.714. The Morgan fingerprint density at radius 1 is 0.933 bits per heavy atom. The normalized spacial score (nSPS) is 40.6. The van der Waals surface area contributed by atoms with Gasteiger partial charge in [0.2, 0.25) is 0 Å². The van der Waals surface area contributed by atoms with Crippen LogP contribution in [0.25, 0.3) is 0 Å². The fourth-order valence-electron chi connectivity index (χ4n) is 3.74. The summed E-state index contributed by atoms with van der Waals surface area (Å²) in [7, 11) is 0. The second kappa shape index (κ2) is 3.74. The van der Waals surface area contributed by atoms with E-state index in [9.17, 15) is 5.11 Å². The Hall–Kier alpha value is -0.0800. The summed E-state index contributed by atoms with van der Waals surface area (Å²) in [5.74, 6) is 0. The predicted molar refractivity (Wildman–Crippen MR) is 60.7 cm³/mol. The smallest absolute Gasteiger partial charge is 0.0695 e. The first-order valence-electron chi connectivity index (χ1n) is 6.71. The van der Waals surface area contributed by atoms with E-state index in [4.69, 9.17) is 0 Å². The molecule has 1 heterocycles. The number of rotatable bonds is 1. The fourth-order valence-corrected chi connectivity index (χ4v) is 3.74. The molecule has 2 aliphatic carbocycles. The molecule has 15 heavy (non-hydrogen) atoms. The van der Waals surface area contributed by atoms with Gasteiger partial charge < -0.3 is 5.11 Å². The van der Waals surface area contributed by atoms with Crippen molar-refractivity contribution in [1.82, 2.24) is 4.90 Å². The summed E-state index contributed by atoms with van der Waals surface area (Å²) in [4.78, 5) is 2.56. The van der Waals surface area contributed by atoms with Crippen molar-refractivity contribution < 1.29 is 5.11 Å². The van der Waals surface area contributed by atoms with Crippen molar-refractivity contribution in [3.8, 4) is 0 Å². The monoisotopic (exact) mass is 209 g/mol. The van der Waals surface area contributed by atoms with E-state index in [1.54, 1.807) is 0 Å². The van der Waals surface area contributed by atoms with Gasteiger partial charge in [-0.25, -0.2) is 0 Å². The average Bonchev–Trinajstić information content (AvgIpc) is 2.27. The topological polar surface area (TPSA) is 23.5 Å². The maximum atomic E-state index is 10.1. The Balaban J connectivity index is 1.57. The number of likely N-dealkylation sites (tertiary alicyclic amines) is 1. The van der Waals surface area contributed by atoms with Crippen LogP contribution >= 0.6 is 0 Å². The van der Waals surface area contributed by atoms with Crippen molar-refractivity contribution in [1.29, 1.82) is 0 Å². The van der Waals surface area contributed by atoms with Crippen molar-refractivity contribution in [2.45, 2.75) is 63.5 Å². The van der Waals surface area contributed by atoms with Gasteiger partial charge in [-0.1, -0.05) is 25.7 Å². The first kappa shape index (κ1) is 10.1. The maximum absolute atomic E-state index is 10.1. The zero-order valence-electron chi connectivity index (χ0n) is 9.62. The Labute approximate surface area is 92.7 Å². The van der Waals surface area contributed by atoms with Crippen LogP contribution in [0.5, 0.6) is 0 Å². The molecule has 0 radical (unpaired) electrons. The SMILES string of the molecule is OC1CCCCCC1N1CC2(CCC2)C1. The van der Waals surface area contributed by atoms with Crippen LogP contribution in [0, 0.1) is 5.41 Å². The van der Waals surface area contributed by atoms with Gasteiger partial charge in [0.05, 0.1) is 6.10 Å². The van der Waals surface area contributed by atoms with E-state index in [1.165, 1.54) is 58.0 Å². The molecule has 2 unspecified atom stereocenters. The van der Waals surface area contributed by atoms with Crippen LogP contribution in [0.2, 0.25) is 0 Å². The van der Waals surface area contributed by atoms with Gasteiger partial charge in [-0.3, -0.25) is 4.90 Å². The molecule has 1 spiro atoms. The Kier molecular flexibility index (Phi) is 2.52. The van der Waals surface area contributed by atoms with Crippen molar-refractivity contribution in [3.63, 3.8) is 0 Å². The number of nitrogens with zero attached hydrogens (tertiary/aromatic N) is 1. The lowest BCUT2D eigenvalue weighted by molar-refractivity contribution is -0.109. The number of hydrogen-bond acceptors (Lipinski definition) is 2. The molecule has 1 saturated heterocycles. The van der Waals surface area contributed by atoms with Crippen LogP contribution in [0.3, 0.4) is 0 Å². The van der Waals surface area contributed by atoms with Gasteiger partial charge in [-0.05, 0) is 31.1 Å². The van der Waals surface area contributed by atoms with E-state index in [0.29, 0.717) is 11.5 Å². The Morgan fingerprint density at radius 3 is 2.33 bits per heavy atom. The summed E-state index contributed by atoms with van der Waals surface area (Å²) < 4.78 is 0. The standard InChI is InChI=1S/C13H23NO/c15-12-6-3-1-2-5-11(12)14-9-13(10-14)7-4-8-13/h11-12,15H,1-10H2. The van der Waals surface area contributed by atoms with Gasteiger partial charge in [0.1, 0.15) is 0 Å². The van der Waals surface area contributed by atoms with E-state index in [2.05, 4.69) is 4.90 Å². The van der Waals surface area contributed by atoms with Gasteiger partial charge in [0, 0.05) is 19.1 Å². The lowest BCUT2D eigenvalue weighted by Gasteiger charge is -2.59. The Bertz CT molecular complexity index is 229. The Morgan fingerprint density at radius 2 is 1.67 bits per heavy atom. The van der Waals surface area contributed by atoms with Gasteiger partial charge in [0.25, 0.3) is 0 Å². The first-order chi connectivity index (χ1) is 7.29. The molecule has 0 aromatic rings. The highest BCUT2D eigenvalue weighted by molar-refractivity contribution is 5.03. The molecule has 2 atom stereocenters. The van der Waals surface area contributed by atoms with Crippen LogP contribution in [0.4, 0.5) is 0 Å². The van der Waals surface area contributed by atoms with E-state index < -0.39 is 0 Å². The molecular formula is C13H23NO. The lowest BCUT2D eigenvalue weighted by atomic mass is 9.63. The predicted octanol–water partition coefficient (Wildman–Crippen LogP) is 2.17. The van der Waals surface area contributed by atoms with Crippen LogP contribution in [0.15, 0.2) is 0 Å². The molecule has 2 nitrogen and oxygen atoms in total. The molecule has 3 fully saturated rings. The minimum Gasteiger partial charge on any atom is -0.391 e. The van der Waals surface area contributed by atoms with Crippen molar-refractivity contribution >= 4 is 0 Å². The summed E-state index contributed by atoms with van der Waals surface area (Å²) in [5, 5.41) is 10.1. The number of aliphatic hydroxyl groups is 1. The van der Waals surface area contributed by atoms with Crippen LogP contribution in [-0.4, -0.2) is 35.2 Å². The summed E-state index contributed by atoms with van der Waals surface area (Å²) in [6, 6.07) is 0.499. The fraction of sp³-hybridized carbons (Fsp3) is 1.00.